The predicted octanol–water partition coefficient (Wildman–Crippen LogP) is 4.32. The van der Waals surface area contributed by atoms with Gasteiger partial charge in [-0.3, -0.25) is 9.59 Å². The monoisotopic (exact) mass is 371 g/mol. The second-order valence-electron chi connectivity index (χ2n) is 6.19. The third kappa shape index (κ3) is 4.95. The van der Waals surface area contributed by atoms with Crippen molar-refractivity contribution in [3.8, 4) is 0 Å². The summed E-state index contributed by atoms with van der Waals surface area (Å²) in [4.78, 5) is 36.0. The molecule has 6 heteroatoms. The number of carbonyl (C=O) groups is 3. The van der Waals surface area contributed by atoms with Crippen molar-refractivity contribution in [2.45, 2.75) is 25.2 Å². The topological polar surface area (TPSA) is 83.5 Å². The Labute approximate surface area is 156 Å². The van der Waals surface area contributed by atoms with E-state index in [9.17, 15) is 19.5 Å². The maximum absolute atomic E-state index is 13.0. The molecule has 5 nitrogen and oxygen atoms in total. The Morgan fingerprint density at radius 1 is 1.15 bits per heavy atom. The highest BCUT2D eigenvalue weighted by molar-refractivity contribution is 7.99. The molecule has 0 saturated heterocycles. The first-order valence-electron chi connectivity index (χ1n) is 8.28. The van der Waals surface area contributed by atoms with Crippen LogP contribution in [0.2, 0.25) is 0 Å². The van der Waals surface area contributed by atoms with Gasteiger partial charge in [-0.2, -0.15) is 0 Å². The molecule has 0 fully saturated rings. The van der Waals surface area contributed by atoms with Crippen molar-refractivity contribution in [1.82, 2.24) is 0 Å². The fraction of sp³-hybridized carbons (Fsp3) is 0.250. The van der Waals surface area contributed by atoms with Gasteiger partial charge in [0.1, 0.15) is 0 Å². The molecule has 0 saturated carbocycles. The van der Waals surface area contributed by atoms with Gasteiger partial charge < -0.3 is 10.4 Å². The molecule has 0 spiro atoms. The second kappa shape index (κ2) is 9.20. The first-order chi connectivity index (χ1) is 12.4. The number of benzene rings is 2. The van der Waals surface area contributed by atoms with E-state index in [0.717, 1.165) is 12.2 Å². The third-order valence-electron chi connectivity index (χ3n) is 3.78. The number of carboxylic acids is 1. The Bertz CT molecular complexity index is 803. The van der Waals surface area contributed by atoms with Crippen molar-refractivity contribution < 1.29 is 19.5 Å². The summed E-state index contributed by atoms with van der Waals surface area (Å²) in [6.07, 6.45) is 1.38. The van der Waals surface area contributed by atoms with E-state index < -0.39 is 5.97 Å². The van der Waals surface area contributed by atoms with E-state index in [0.29, 0.717) is 28.4 Å². The normalized spacial score (nSPS) is 10.6. The molecule has 2 N–H and O–H groups in total. The van der Waals surface area contributed by atoms with Crippen molar-refractivity contribution in [3.63, 3.8) is 0 Å². The molecule has 26 heavy (non-hydrogen) atoms. The molecule has 0 heterocycles. The molecule has 0 radical (unpaired) electrons. The first kappa shape index (κ1) is 19.7. The third-order valence-corrected chi connectivity index (χ3v) is 4.85. The van der Waals surface area contributed by atoms with Gasteiger partial charge in [-0.1, -0.05) is 44.2 Å². The van der Waals surface area contributed by atoms with Gasteiger partial charge in [-0.05, 0) is 30.2 Å². The molecule has 0 aliphatic carbocycles. The van der Waals surface area contributed by atoms with E-state index in [1.54, 1.807) is 24.3 Å². The van der Waals surface area contributed by atoms with Crippen molar-refractivity contribution in [2.24, 2.45) is 5.92 Å². The van der Waals surface area contributed by atoms with Crippen LogP contribution in [0.1, 0.15) is 46.5 Å². The van der Waals surface area contributed by atoms with E-state index >= 15 is 0 Å². The highest BCUT2D eigenvalue weighted by Crippen LogP contribution is 2.33. The standard InChI is InChI=1S/C20H21NO4S/c1-13(2)8-9-26-17-11-15(20(24)25)10-16(21-12-22)18(17)19(23)14-6-4-3-5-7-14/h3-7,10-13H,8-9H2,1-2H3,(H,21,22)(H,24,25). The van der Waals surface area contributed by atoms with Crippen LogP contribution < -0.4 is 5.32 Å². The lowest BCUT2D eigenvalue weighted by Crippen LogP contribution is -2.11. The summed E-state index contributed by atoms with van der Waals surface area (Å²) in [5.41, 5.74) is 1.05. The van der Waals surface area contributed by atoms with Crippen LogP contribution in [-0.4, -0.2) is 29.0 Å². The van der Waals surface area contributed by atoms with Gasteiger partial charge in [0.2, 0.25) is 6.41 Å². The minimum absolute atomic E-state index is 0.0333. The van der Waals surface area contributed by atoms with Crippen LogP contribution in [0.4, 0.5) is 5.69 Å². The quantitative estimate of drug-likeness (QED) is 0.390. The number of hydrogen-bond donors (Lipinski definition) is 2. The predicted molar refractivity (Wildman–Crippen MR) is 103 cm³/mol. The van der Waals surface area contributed by atoms with Gasteiger partial charge in [0, 0.05) is 10.5 Å². The molecule has 0 aromatic heterocycles. The summed E-state index contributed by atoms with van der Waals surface area (Å²) in [6, 6.07) is 11.5. The van der Waals surface area contributed by atoms with E-state index in [4.69, 9.17) is 0 Å². The fourth-order valence-corrected chi connectivity index (χ4v) is 3.77. The zero-order valence-corrected chi connectivity index (χ0v) is 15.5. The first-order valence-corrected chi connectivity index (χ1v) is 9.26. The molecule has 2 aromatic rings. The smallest absolute Gasteiger partial charge is 0.335 e. The number of carboxylic acid groups (broad SMARTS) is 1. The van der Waals surface area contributed by atoms with Crippen LogP contribution in [0, 0.1) is 5.92 Å². The molecule has 2 rings (SSSR count). The maximum atomic E-state index is 13.0. The highest BCUT2D eigenvalue weighted by atomic mass is 32.2. The highest BCUT2D eigenvalue weighted by Gasteiger charge is 2.21. The summed E-state index contributed by atoms with van der Waals surface area (Å²) in [5.74, 6) is -0.121. The molecular weight excluding hydrogens is 350 g/mol. The fourth-order valence-electron chi connectivity index (χ4n) is 2.40. The summed E-state index contributed by atoms with van der Waals surface area (Å²) in [7, 11) is 0. The van der Waals surface area contributed by atoms with E-state index in [1.165, 1.54) is 23.9 Å². The average molecular weight is 371 g/mol. The van der Waals surface area contributed by atoms with Gasteiger partial charge >= 0.3 is 5.97 Å². The van der Waals surface area contributed by atoms with Gasteiger partial charge in [-0.15, -0.1) is 11.8 Å². The molecule has 0 atom stereocenters. The van der Waals surface area contributed by atoms with Crippen molar-refractivity contribution in [2.75, 3.05) is 11.1 Å². The van der Waals surface area contributed by atoms with Crippen molar-refractivity contribution in [3.05, 3.63) is 59.2 Å². The Kier molecular flexibility index (Phi) is 6.97. The number of anilines is 1. The number of ketones is 1. The minimum atomic E-state index is -1.11. The SMILES string of the molecule is CC(C)CCSc1cc(C(=O)O)cc(NC=O)c1C(=O)c1ccccc1. The Morgan fingerprint density at radius 2 is 1.85 bits per heavy atom. The average Bonchev–Trinajstić information content (AvgIpc) is 2.61. The Balaban J connectivity index is 2.54. The molecule has 0 aliphatic rings. The molecule has 2 aromatic carbocycles. The van der Waals surface area contributed by atoms with Gasteiger partial charge in [0.25, 0.3) is 0 Å². The van der Waals surface area contributed by atoms with Crippen LogP contribution in [0.25, 0.3) is 0 Å². The Hall–Kier alpha value is -2.60. The molecule has 0 aliphatic heterocycles. The van der Waals surface area contributed by atoms with E-state index in [2.05, 4.69) is 19.2 Å². The zero-order valence-electron chi connectivity index (χ0n) is 14.7. The number of carbonyl (C=O) groups excluding carboxylic acids is 2. The molecular formula is C20H21NO4S. The van der Waals surface area contributed by atoms with Crippen LogP contribution in [0.15, 0.2) is 47.4 Å². The lowest BCUT2D eigenvalue weighted by Gasteiger charge is -2.15. The number of hydrogen-bond acceptors (Lipinski definition) is 4. The van der Waals surface area contributed by atoms with Gasteiger partial charge in [-0.25, -0.2) is 4.79 Å². The van der Waals surface area contributed by atoms with Crippen molar-refractivity contribution in [1.29, 1.82) is 0 Å². The van der Waals surface area contributed by atoms with Gasteiger partial charge in [0.05, 0.1) is 16.8 Å². The van der Waals surface area contributed by atoms with Crippen LogP contribution in [0.5, 0.6) is 0 Å². The molecule has 0 unspecified atom stereocenters. The van der Waals surface area contributed by atoms with E-state index in [-0.39, 0.29) is 17.0 Å². The summed E-state index contributed by atoms with van der Waals surface area (Å²) in [6.45, 7) is 4.20. The van der Waals surface area contributed by atoms with Crippen LogP contribution in [0.3, 0.4) is 0 Å². The lowest BCUT2D eigenvalue weighted by atomic mass is 9.99. The summed E-state index contributed by atoms with van der Waals surface area (Å²) in [5, 5.41) is 11.8. The maximum Gasteiger partial charge on any atom is 0.335 e. The number of amides is 1. The van der Waals surface area contributed by atoms with Crippen molar-refractivity contribution >= 4 is 35.6 Å². The van der Waals surface area contributed by atoms with Crippen LogP contribution >= 0.6 is 11.8 Å². The number of rotatable bonds is 9. The van der Waals surface area contributed by atoms with Gasteiger partial charge in [0.15, 0.2) is 5.78 Å². The lowest BCUT2D eigenvalue weighted by molar-refractivity contribution is -0.105. The Morgan fingerprint density at radius 3 is 2.42 bits per heavy atom. The molecule has 0 bridgehead atoms. The second-order valence-corrected chi connectivity index (χ2v) is 7.33. The van der Waals surface area contributed by atoms with Crippen LogP contribution in [-0.2, 0) is 4.79 Å². The number of nitrogens with one attached hydrogen (secondary N) is 1. The minimum Gasteiger partial charge on any atom is -0.478 e. The molecule has 136 valence electrons. The zero-order chi connectivity index (χ0) is 19.1. The number of thioether (sulfide) groups is 1. The largest absolute Gasteiger partial charge is 0.478 e. The summed E-state index contributed by atoms with van der Waals surface area (Å²) < 4.78 is 0. The number of aromatic carboxylic acids is 1. The summed E-state index contributed by atoms with van der Waals surface area (Å²) >= 11 is 1.43. The van der Waals surface area contributed by atoms with E-state index in [1.807, 2.05) is 6.07 Å². The molecule has 1 amide bonds.